The zero-order valence-electron chi connectivity index (χ0n) is 14.5. The number of rotatable bonds is 5. The monoisotopic (exact) mass is 401 g/mol. The molecule has 1 heterocycles. The minimum atomic E-state index is -1.07. The van der Waals surface area contributed by atoms with E-state index in [0.29, 0.717) is 21.2 Å². The summed E-state index contributed by atoms with van der Waals surface area (Å²) in [5.74, 6) is -1.45. The van der Waals surface area contributed by atoms with Gasteiger partial charge in [-0.25, -0.2) is 4.79 Å². The lowest BCUT2D eigenvalue weighted by Crippen LogP contribution is -2.32. The van der Waals surface area contributed by atoms with E-state index in [1.807, 2.05) is 30.3 Å². The van der Waals surface area contributed by atoms with E-state index in [1.54, 1.807) is 31.2 Å². The fourth-order valence-electron chi connectivity index (χ4n) is 3.12. The smallest absolute Gasteiger partial charge is 0.327 e. The first-order chi connectivity index (χ1) is 12.9. The van der Waals surface area contributed by atoms with E-state index in [4.69, 9.17) is 23.2 Å². The van der Waals surface area contributed by atoms with Crippen LogP contribution in [-0.2, 0) is 4.79 Å². The molecule has 3 aromatic rings. The molecule has 138 valence electrons. The summed E-state index contributed by atoms with van der Waals surface area (Å²) >= 11 is 12.2. The maximum Gasteiger partial charge on any atom is 0.327 e. The van der Waals surface area contributed by atoms with Crippen molar-refractivity contribution in [1.82, 2.24) is 4.57 Å². The number of carbonyl (C=O) groups is 1. The molecule has 1 unspecified atom stereocenters. The number of carboxylic acids is 1. The molecule has 0 amide bonds. The van der Waals surface area contributed by atoms with Gasteiger partial charge in [-0.1, -0.05) is 60.5 Å². The van der Waals surface area contributed by atoms with Crippen molar-refractivity contribution in [1.29, 1.82) is 0 Å². The highest BCUT2D eigenvalue weighted by molar-refractivity contribution is 6.35. The second kappa shape index (κ2) is 7.99. The maximum atomic E-state index is 12.7. The fourth-order valence-corrected chi connectivity index (χ4v) is 3.52. The fraction of sp³-hybridized carbons (Fsp3) is 0.143. The Bertz CT molecular complexity index is 1030. The third kappa shape index (κ3) is 4.07. The number of hydrogen-bond donors (Lipinski definition) is 1. The van der Waals surface area contributed by atoms with Crippen LogP contribution < -0.4 is 5.56 Å². The summed E-state index contributed by atoms with van der Waals surface area (Å²) in [6.45, 7) is 1.79. The average molecular weight is 402 g/mol. The van der Waals surface area contributed by atoms with Gasteiger partial charge in [-0.15, -0.1) is 0 Å². The van der Waals surface area contributed by atoms with Gasteiger partial charge in [-0.3, -0.25) is 4.79 Å². The average Bonchev–Trinajstić information content (AvgIpc) is 2.65. The van der Waals surface area contributed by atoms with Crippen molar-refractivity contribution in [3.05, 3.63) is 92.8 Å². The van der Waals surface area contributed by atoms with E-state index in [2.05, 4.69) is 0 Å². The summed E-state index contributed by atoms with van der Waals surface area (Å²) in [5, 5.41) is 10.7. The van der Waals surface area contributed by atoms with Gasteiger partial charge in [0.05, 0.1) is 0 Å². The molecule has 3 rings (SSSR count). The highest BCUT2D eigenvalue weighted by Crippen LogP contribution is 2.31. The summed E-state index contributed by atoms with van der Waals surface area (Å²) in [4.78, 5) is 24.6. The van der Waals surface area contributed by atoms with Crippen LogP contribution in [0.5, 0.6) is 0 Å². The van der Waals surface area contributed by atoms with E-state index < -0.39 is 17.6 Å². The third-order valence-corrected chi connectivity index (χ3v) is 5.10. The molecule has 0 radical (unpaired) electrons. The Morgan fingerprint density at radius 3 is 2.37 bits per heavy atom. The molecule has 2 aromatic carbocycles. The second-order valence-electron chi connectivity index (χ2n) is 6.27. The van der Waals surface area contributed by atoms with Gasteiger partial charge in [0.25, 0.3) is 5.56 Å². The lowest BCUT2D eigenvalue weighted by Gasteiger charge is -2.23. The van der Waals surface area contributed by atoms with Crippen molar-refractivity contribution in [2.45, 2.75) is 18.9 Å². The Morgan fingerprint density at radius 2 is 1.74 bits per heavy atom. The van der Waals surface area contributed by atoms with Crippen molar-refractivity contribution in [2.24, 2.45) is 0 Å². The molecule has 4 nitrogen and oxygen atoms in total. The lowest BCUT2D eigenvalue weighted by molar-refractivity contribution is -0.141. The molecule has 6 heteroatoms. The molecule has 0 fully saturated rings. The quantitative estimate of drug-likeness (QED) is 0.634. The van der Waals surface area contributed by atoms with Crippen LogP contribution in [0, 0.1) is 0 Å². The van der Waals surface area contributed by atoms with E-state index in [1.165, 1.54) is 16.8 Å². The van der Waals surface area contributed by atoms with E-state index >= 15 is 0 Å². The molecule has 0 spiro atoms. The highest BCUT2D eigenvalue weighted by Gasteiger charge is 2.28. The van der Waals surface area contributed by atoms with E-state index in [9.17, 15) is 14.7 Å². The van der Waals surface area contributed by atoms with E-state index in [-0.39, 0.29) is 5.92 Å². The van der Waals surface area contributed by atoms with Crippen molar-refractivity contribution in [3.63, 3.8) is 0 Å². The van der Waals surface area contributed by atoms with Crippen molar-refractivity contribution in [3.8, 4) is 11.1 Å². The Hall–Kier alpha value is -2.56. The molecule has 0 saturated heterocycles. The molecule has 0 bridgehead atoms. The summed E-state index contributed by atoms with van der Waals surface area (Å²) in [5.41, 5.74) is 1.63. The SMILES string of the molecule is CC(c1ccccc1)[C@@H](C(=O)O)n1ccc(-c2cc(Cl)ccc2Cl)cc1=O. The van der Waals surface area contributed by atoms with Gasteiger partial charge < -0.3 is 9.67 Å². The topological polar surface area (TPSA) is 59.3 Å². The molecular formula is C21H17Cl2NO3. The molecule has 0 saturated carbocycles. The van der Waals surface area contributed by atoms with Crippen molar-refractivity contribution in [2.75, 3.05) is 0 Å². The predicted octanol–water partition coefficient (Wildman–Crippen LogP) is 5.25. The Balaban J connectivity index is 2.04. The molecule has 0 aliphatic carbocycles. The number of benzene rings is 2. The number of aliphatic carboxylic acids is 1. The van der Waals surface area contributed by atoms with Crippen LogP contribution in [0.4, 0.5) is 0 Å². The Morgan fingerprint density at radius 1 is 1.04 bits per heavy atom. The standard InChI is InChI=1S/C21H17Cl2NO3/c1-13(14-5-3-2-4-6-14)20(21(26)27)24-10-9-15(11-19(24)25)17-12-16(22)7-8-18(17)23/h2-13,20H,1H3,(H,26,27)/t13?,20-/m0/s1. The minimum Gasteiger partial charge on any atom is -0.480 e. The van der Waals surface area contributed by atoms with Crippen molar-refractivity contribution < 1.29 is 9.90 Å². The normalized spacial score (nSPS) is 13.1. The zero-order valence-corrected chi connectivity index (χ0v) is 16.0. The van der Waals surface area contributed by atoms with Crippen LogP contribution in [0.1, 0.15) is 24.4 Å². The van der Waals surface area contributed by atoms with Crippen LogP contribution >= 0.6 is 23.2 Å². The number of pyridine rings is 1. The molecule has 1 aromatic heterocycles. The summed E-state index contributed by atoms with van der Waals surface area (Å²) in [7, 11) is 0. The largest absolute Gasteiger partial charge is 0.480 e. The first-order valence-corrected chi connectivity index (χ1v) is 9.09. The van der Waals surface area contributed by atoms with Gasteiger partial charge in [-0.2, -0.15) is 0 Å². The number of hydrogen-bond acceptors (Lipinski definition) is 2. The van der Waals surface area contributed by atoms with Crippen LogP contribution in [0.15, 0.2) is 71.7 Å². The molecule has 2 atom stereocenters. The second-order valence-corrected chi connectivity index (χ2v) is 7.11. The maximum absolute atomic E-state index is 12.7. The Labute approximate surface area is 166 Å². The minimum absolute atomic E-state index is 0.387. The van der Waals surface area contributed by atoms with Gasteiger partial charge in [-0.05, 0) is 35.4 Å². The van der Waals surface area contributed by atoms with Crippen molar-refractivity contribution >= 4 is 29.2 Å². The summed E-state index contributed by atoms with van der Waals surface area (Å²) in [6.07, 6.45) is 1.49. The van der Waals surface area contributed by atoms with Gasteiger partial charge in [0, 0.05) is 33.8 Å². The first kappa shape index (κ1) is 19.2. The number of nitrogens with zero attached hydrogens (tertiary/aromatic N) is 1. The number of halogens is 2. The van der Waals surface area contributed by atoms with Crippen LogP contribution in [0.2, 0.25) is 10.0 Å². The molecule has 27 heavy (non-hydrogen) atoms. The molecule has 0 aliphatic rings. The zero-order chi connectivity index (χ0) is 19.6. The highest BCUT2D eigenvalue weighted by atomic mass is 35.5. The van der Waals surface area contributed by atoms with Crippen LogP contribution in [0.3, 0.4) is 0 Å². The molecule has 1 N–H and O–H groups in total. The predicted molar refractivity (Wildman–Crippen MR) is 108 cm³/mol. The summed E-state index contributed by atoms with van der Waals surface area (Å²) in [6, 6.07) is 16.3. The Kier molecular flexibility index (Phi) is 5.68. The van der Waals surface area contributed by atoms with Crippen LogP contribution in [0.25, 0.3) is 11.1 Å². The number of aromatic nitrogens is 1. The lowest BCUT2D eigenvalue weighted by atomic mass is 9.93. The van der Waals surface area contributed by atoms with Gasteiger partial charge in [0.2, 0.25) is 0 Å². The van der Waals surface area contributed by atoms with E-state index in [0.717, 1.165) is 5.56 Å². The van der Waals surface area contributed by atoms with Crippen LogP contribution in [-0.4, -0.2) is 15.6 Å². The van der Waals surface area contributed by atoms with Gasteiger partial charge >= 0.3 is 5.97 Å². The molecule has 0 aliphatic heterocycles. The van der Waals surface area contributed by atoms with Gasteiger partial charge in [0.15, 0.2) is 0 Å². The third-order valence-electron chi connectivity index (χ3n) is 4.54. The first-order valence-electron chi connectivity index (χ1n) is 8.34. The van der Waals surface area contributed by atoms with Gasteiger partial charge in [0.1, 0.15) is 6.04 Å². The number of carboxylic acid groups (broad SMARTS) is 1. The summed E-state index contributed by atoms with van der Waals surface area (Å²) < 4.78 is 1.24. The molecular weight excluding hydrogens is 385 g/mol.